The maximum Gasteiger partial charge on any atom is 0.121 e. The van der Waals surface area contributed by atoms with Crippen LogP contribution in [-0.2, 0) is 20.1 Å². The van der Waals surface area contributed by atoms with Crippen molar-refractivity contribution < 1.29 is 31.4 Å². The fourth-order valence-electron chi connectivity index (χ4n) is 10.1. The average molecular weight is 1120 g/mol. The summed E-state index contributed by atoms with van der Waals surface area (Å²) < 4.78 is 52.6. The molecule has 3 aromatic heterocycles. The van der Waals surface area contributed by atoms with E-state index in [1.54, 1.807) is 0 Å². The second-order valence-electron chi connectivity index (χ2n) is 19.6. The number of para-hydroxylation sites is 6. The minimum absolute atomic E-state index is 0. The Kier molecular flexibility index (Phi) is 11.8. The van der Waals surface area contributed by atoms with Crippen molar-refractivity contribution >= 4 is 54.8 Å². The first-order valence-electron chi connectivity index (χ1n) is 27.2. The van der Waals surface area contributed by atoms with Gasteiger partial charge in [0.25, 0.3) is 0 Å². The molecular weight excluding hydrogens is 1060 g/mol. The van der Waals surface area contributed by atoms with Gasteiger partial charge < -0.3 is 13.6 Å². The molecule has 12 aromatic rings. The Bertz CT molecular complexity index is 4130. The van der Waals surface area contributed by atoms with Crippen LogP contribution >= 0.6 is 0 Å². The van der Waals surface area contributed by atoms with E-state index in [4.69, 9.17) is 21.2 Å². The number of imidazole rings is 2. The Labute approximate surface area is 443 Å². The Morgan fingerprint density at radius 3 is 1.61 bits per heavy atom. The number of benzene rings is 9. The molecule has 0 aliphatic heterocycles. The van der Waals surface area contributed by atoms with E-state index in [0.29, 0.717) is 28.6 Å². The number of furan rings is 1. The minimum Gasteiger partial charge on any atom is -0.501 e. The first-order chi connectivity index (χ1) is 36.6. The van der Waals surface area contributed by atoms with Crippen LogP contribution in [-0.4, -0.2) is 19.1 Å². The normalized spacial score (nSPS) is 12.7. The molecule has 5 nitrogen and oxygen atoms in total. The van der Waals surface area contributed by atoms with Crippen molar-refractivity contribution in [3.8, 4) is 45.3 Å². The second kappa shape index (κ2) is 20.0. The Balaban J connectivity index is 0.000000203. The van der Waals surface area contributed by atoms with E-state index in [-0.39, 0.29) is 61.7 Å². The van der Waals surface area contributed by atoms with Gasteiger partial charge in [0, 0.05) is 36.9 Å². The maximum atomic E-state index is 8.48. The Morgan fingerprint density at radius 1 is 0.486 bits per heavy atom. The van der Waals surface area contributed by atoms with Crippen LogP contribution in [0.4, 0.5) is 0 Å². The Morgan fingerprint density at radius 2 is 1.04 bits per heavy atom. The van der Waals surface area contributed by atoms with Crippen molar-refractivity contribution in [1.29, 1.82) is 0 Å². The van der Waals surface area contributed by atoms with E-state index in [1.807, 2.05) is 72.8 Å². The van der Waals surface area contributed by atoms with E-state index in [2.05, 4.69) is 156 Å². The molecule has 0 aliphatic carbocycles. The fourth-order valence-corrected chi connectivity index (χ4v) is 10.1. The Hall–Kier alpha value is -7.37. The van der Waals surface area contributed by atoms with E-state index in [1.165, 1.54) is 27.9 Å². The molecule has 359 valence electrons. The molecular formula is C66H58IrN4O-2. The third kappa shape index (κ3) is 8.67. The van der Waals surface area contributed by atoms with Crippen LogP contribution in [0.1, 0.15) is 108 Å². The summed E-state index contributed by atoms with van der Waals surface area (Å²) in [6.07, 6.45) is 0. The van der Waals surface area contributed by atoms with Crippen molar-refractivity contribution in [3.63, 3.8) is 0 Å². The summed E-state index contributed by atoms with van der Waals surface area (Å²) in [5.41, 5.74) is 15.5. The standard InChI is InChI=1S/C41H33N2O.C25H25N2.Ir/c1-25(2)31-14-10-15-32(26(3)4)39(31)43-37-19-9-8-18-36(37)42-41(43)34-17-11-16-33-35-23-29-21-20-28(27-12-6-5-7-13-27)22-30(29)24-38(35)44-40(33)34;1-17(2)20-13-10-14-21(18(3)4)24(20)27-23-16-9-8-15-22(23)26-25(27)19-11-6-5-7-12-19;/h5-16,18-26H,1-4H3;5-11,13-18H,1-4H3;/q2*-1;/i5D,6D,7D,12D,13D;;. The van der Waals surface area contributed by atoms with Gasteiger partial charge in [0.2, 0.25) is 0 Å². The van der Waals surface area contributed by atoms with E-state index in [0.717, 1.165) is 72.1 Å². The van der Waals surface area contributed by atoms with Crippen LogP contribution < -0.4 is 0 Å². The number of nitrogens with zero attached hydrogens (tertiary/aromatic N) is 4. The van der Waals surface area contributed by atoms with Crippen LogP contribution in [0.5, 0.6) is 0 Å². The minimum atomic E-state index is -0.405. The molecule has 0 N–H and O–H groups in total. The summed E-state index contributed by atoms with van der Waals surface area (Å²) in [6, 6.07) is 56.8. The molecule has 9 aromatic carbocycles. The zero-order chi connectivity index (χ0) is 53.3. The number of rotatable bonds is 9. The maximum absolute atomic E-state index is 8.48. The summed E-state index contributed by atoms with van der Waals surface area (Å²) in [6.45, 7) is 17.9. The van der Waals surface area contributed by atoms with Gasteiger partial charge in [-0.1, -0.05) is 169 Å². The molecule has 3 heterocycles. The van der Waals surface area contributed by atoms with Gasteiger partial charge in [-0.25, -0.2) is 0 Å². The smallest absolute Gasteiger partial charge is 0.121 e. The molecule has 1 radical (unpaired) electrons. The zero-order valence-corrected chi connectivity index (χ0v) is 44.2. The van der Waals surface area contributed by atoms with Crippen molar-refractivity contribution in [1.82, 2.24) is 19.1 Å². The molecule has 12 rings (SSSR count). The SMILES string of the molecule is CC(C)c1cccc(C(C)C)c1-n1c(-c2[c-]cccc2)nc2ccccc21.[2H]c1c([2H])c([2H])c(-c2ccc3cc4c(cc3c2)oc2c(-c3nc5ccccc5n3-c3c(C(C)C)cccc3C(C)C)[c-]ccc24)c([2H])c1[2H].[Ir]. The van der Waals surface area contributed by atoms with Gasteiger partial charge in [0.05, 0.1) is 46.2 Å². The number of aromatic nitrogens is 4. The molecule has 0 spiro atoms. The van der Waals surface area contributed by atoms with Crippen LogP contribution in [0.15, 0.2) is 186 Å². The average Bonchev–Trinajstić information content (AvgIpc) is 4.13. The summed E-state index contributed by atoms with van der Waals surface area (Å²) in [5.74, 6) is 3.13. The van der Waals surface area contributed by atoms with Gasteiger partial charge in [0.15, 0.2) is 0 Å². The summed E-state index contributed by atoms with van der Waals surface area (Å²) >= 11 is 0. The summed E-state index contributed by atoms with van der Waals surface area (Å²) in [4.78, 5) is 10.2. The first kappa shape index (κ1) is 42.3. The summed E-state index contributed by atoms with van der Waals surface area (Å²) in [5, 5.41) is 3.67. The monoisotopic (exact) mass is 1120 g/mol. The molecule has 0 aliphatic rings. The fraction of sp³-hybridized carbons (Fsp3) is 0.182. The van der Waals surface area contributed by atoms with Gasteiger partial charge in [0.1, 0.15) is 5.58 Å². The third-order valence-corrected chi connectivity index (χ3v) is 13.6. The van der Waals surface area contributed by atoms with Gasteiger partial charge in [-0.05, 0) is 110 Å². The van der Waals surface area contributed by atoms with Gasteiger partial charge >= 0.3 is 0 Å². The van der Waals surface area contributed by atoms with Crippen molar-refractivity contribution in [2.24, 2.45) is 0 Å². The van der Waals surface area contributed by atoms with Gasteiger partial charge in [-0.3, -0.25) is 9.97 Å². The van der Waals surface area contributed by atoms with Crippen molar-refractivity contribution in [2.45, 2.75) is 79.1 Å². The molecule has 0 bridgehead atoms. The molecule has 72 heavy (non-hydrogen) atoms. The molecule has 0 unspecified atom stereocenters. The van der Waals surface area contributed by atoms with Crippen LogP contribution in [0.2, 0.25) is 0 Å². The molecule has 0 fully saturated rings. The van der Waals surface area contributed by atoms with Gasteiger partial charge in [-0.15, -0.1) is 54.1 Å². The predicted molar refractivity (Wildman–Crippen MR) is 297 cm³/mol. The van der Waals surface area contributed by atoms with Crippen LogP contribution in [0.25, 0.3) is 100 Å². The van der Waals surface area contributed by atoms with Crippen molar-refractivity contribution in [3.05, 3.63) is 216 Å². The zero-order valence-electron chi connectivity index (χ0n) is 46.8. The van der Waals surface area contributed by atoms with Gasteiger partial charge in [-0.2, -0.15) is 0 Å². The van der Waals surface area contributed by atoms with E-state index in [9.17, 15) is 0 Å². The third-order valence-electron chi connectivity index (χ3n) is 13.6. The topological polar surface area (TPSA) is 48.8 Å². The second-order valence-corrected chi connectivity index (χ2v) is 19.6. The molecule has 6 heteroatoms. The molecule has 0 amide bonds. The first-order valence-corrected chi connectivity index (χ1v) is 24.7. The van der Waals surface area contributed by atoms with Crippen molar-refractivity contribution in [2.75, 3.05) is 0 Å². The predicted octanol–water partition coefficient (Wildman–Crippen LogP) is 18.2. The van der Waals surface area contributed by atoms with Crippen LogP contribution in [0, 0.1) is 12.1 Å². The number of hydrogen-bond donors (Lipinski definition) is 0. The quantitative estimate of drug-likeness (QED) is 0.135. The van der Waals surface area contributed by atoms with E-state index < -0.39 is 6.04 Å². The largest absolute Gasteiger partial charge is 0.501 e. The molecule has 0 saturated heterocycles. The van der Waals surface area contributed by atoms with Crippen LogP contribution in [0.3, 0.4) is 0 Å². The van der Waals surface area contributed by atoms with E-state index >= 15 is 0 Å². The molecule has 0 atom stereocenters. The molecule has 0 saturated carbocycles. The number of hydrogen-bond acceptors (Lipinski definition) is 3. The summed E-state index contributed by atoms with van der Waals surface area (Å²) in [7, 11) is 0. The number of fused-ring (bicyclic) bond motifs is 6.